The number of ether oxygens (including phenoxy) is 4. The van der Waals surface area contributed by atoms with Gasteiger partial charge >= 0.3 is 11.9 Å². The molecule has 2 aromatic carbocycles. The van der Waals surface area contributed by atoms with E-state index in [0.717, 1.165) is 17.7 Å². The molecule has 7 heteroatoms. The van der Waals surface area contributed by atoms with E-state index in [0.29, 0.717) is 24.5 Å². The first-order valence-electron chi connectivity index (χ1n) is 10.7. The van der Waals surface area contributed by atoms with E-state index in [4.69, 9.17) is 18.9 Å². The Morgan fingerprint density at radius 2 is 1.67 bits per heavy atom. The van der Waals surface area contributed by atoms with Gasteiger partial charge in [-0.2, -0.15) is 5.26 Å². The summed E-state index contributed by atoms with van der Waals surface area (Å²) in [6.07, 6.45) is 5.28. The summed E-state index contributed by atoms with van der Waals surface area (Å²) in [4.78, 5) is 24.1. The molecule has 172 valence electrons. The van der Waals surface area contributed by atoms with Gasteiger partial charge in [0.05, 0.1) is 19.8 Å². The number of esters is 2. The average Bonchev–Trinajstić information content (AvgIpc) is 2.82. The van der Waals surface area contributed by atoms with E-state index < -0.39 is 11.9 Å². The van der Waals surface area contributed by atoms with Gasteiger partial charge in [0.2, 0.25) is 0 Å². The van der Waals surface area contributed by atoms with Gasteiger partial charge in [-0.05, 0) is 67.8 Å². The molecule has 2 rings (SSSR count). The first kappa shape index (κ1) is 25.2. The Labute approximate surface area is 193 Å². The number of carbonyl (C=O) groups excluding carboxylic acids is 2. The van der Waals surface area contributed by atoms with Crippen LogP contribution in [0.5, 0.6) is 17.2 Å². The molecular weight excluding hydrogens is 422 g/mol. The van der Waals surface area contributed by atoms with Crippen LogP contribution < -0.4 is 14.2 Å². The molecule has 7 nitrogen and oxygen atoms in total. The van der Waals surface area contributed by atoms with Crippen molar-refractivity contribution < 1.29 is 28.5 Å². The van der Waals surface area contributed by atoms with E-state index in [9.17, 15) is 14.9 Å². The molecule has 0 N–H and O–H groups in total. The molecule has 0 aromatic heterocycles. The molecule has 0 unspecified atom stereocenters. The number of nitriles is 1. The molecule has 2 aromatic rings. The standard InChI is InChI=1S/C26H27NO6/c1-4-15-32-22-11-7-19(8-12-22)10-14-25(28)33-23-13-9-20(17-24(23)30-5-2)16-21(18-27)26(29)31-6-3/h7-14,16-17H,4-6,15H2,1-3H3. The normalized spacial score (nSPS) is 11.0. The van der Waals surface area contributed by atoms with Gasteiger partial charge in [0.25, 0.3) is 0 Å². The third kappa shape index (κ3) is 8.19. The SMILES string of the molecule is CCCOc1ccc(C=CC(=O)Oc2ccc(C=C(C#N)C(=O)OCC)cc2OCC)cc1. The van der Waals surface area contributed by atoms with Crippen molar-refractivity contribution in [1.29, 1.82) is 5.26 Å². The van der Waals surface area contributed by atoms with Crippen LogP contribution in [0.2, 0.25) is 0 Å². The first-order valence-corrected chi connectivity index (χ1v) is 10.7. The lowest BCUT2D eigenvalue weighted by atomic mass is 10.1. The first-order chi connectivity index (χ1) is 16.0. The number of hydrogen-bond acceptors (Lipinski definition) is 7. The minimum atomic E-state index is -0.705. The fraction of sp³-hybridized carbons (Fsp3) is 0.269. The second kappa shape index (κ2) is 13.4. The molecular formula is C26H27NO6. The molecule has 0 heterocycles. The zero-order valence-electron chi connectivity index (χ0n) is 19.0. The Kier molecular flexibility index (Phi) is 10.2. The monoisotopic (exact) mass is 449 g/mol. The van der Waals surface area contributed by atoms with Gasteiger partial charge in [0, 0.05) is 6.08 Å². The van der Waals surface area contributed by atoms with Crippen molar-refractivity contribution in [2.75, 3.05) is 19.8 Å². The second-order valence-electron chi connectivity index (χ2n) is 6.70. The average molecular weight is 450 g/mol. The maximum Gasteiger partial charge on any atom is 0.348 e. The van der Waals surface area contributed by atoms with Crippen molar-refractivity contribution in [2.24, 2.45) is 0 Å². The van der Waals surface area contributed by atoms with Crippen LogP contribution >= 0.6 is 0 Å². The van der Waals surface area contributed by atoms with Crippen LogP contribution in [-0.4, -0.2) is 31.8 Å². The van der Waals surface area contributed by atoms with Gasteiger partial charge in [-0.3, -0.25) is 0 Å². The van der Waals surface area contributed by atoms with Crippen molar-refractivity contribution >= 4 is 24.1 Å². The van der Waals surface area contributed by atoms with Crippen LogP contribution in [0.3, 0.4) is 0 Å². The molecule has 0 saturated heterocycles. The largest absolute Gasteiger partial charge is 0.494 e. The summed E-state index contributed by atoms with van der Waals surface area (Å²) < 4.78 is 21.4. The van der Waals surface area contributed by atoms with E-state index in [1.54, 1.807) is 38.1 Å². The van der Waals surface area contributed by atoms with E-state index in [-0.39, 0.29) is 17.9 Å². The number of benzene rings is 2. The third-order valence-corrected chi connectivity index (χ3v) is 4.17. The quantitative estimate of drug-likeness (QED) is 0.207. The van der Waals surface area contributed by atoms with Crippen LogP contribution in [0.25, 0.3) is 12.2 Å². The molecule has 0 bridgehead atoms. The third-order valence-electron chi connectivity index (χ3n) is 4.17. The van der Waals surface area contributed by atoms with Crippen LogP contribution in [-0.2, 0) is 14.3 Å². The Morgan fingerprint density at radius 3 is 2.30 bits per heavy atom. The predicted molar refractivity (Wildman–Crippen MR) is 125 cm³/mol. The van der Waals surface area contributed by atoms with Gasteiger partial charge < -0.3 is 18.9 Å². The summed E-state index contributed by atoms with van der Waals surface area (Å²) in [5.41, 5.74) is 1.21. The molecule has 0 atom stereocenters. The summed E-state index contributed by atoms with van der Waals surface area (Å²) in [6.45, 7) is 6.65. The number of carbonyl (C=O) groups is 2. The minimum Gasteiger partial charge on any atom is -0.494 e. The highest BCUT2D eigenvalue weighted by Crippen LogP contribution is 2.30. The maximum absolute atomic E-state index is 12.3. The summed E-state index contributed by atoms with van der Waals surface area (Å²) in [6, 6.07) is 13.9. The van der Waals surface area contributed by atoms with Crippen molar-refractivity contribution in [2.45, 2.75) is 27.2 Å². The van der Waals surface area contributed by atoms with Crippen LogP contribution in [0.1, 0.15) is 38.3 Å². The number of hydrogen-bond donors (Lipinski definition) is 0. The van der Waals surface area contributed by atoms with E-state index in [1.807, 2.05) is 37.3 Å². The lowest BCUT2D eigenvalue weighted by molar-refractivity contribution is -0.138. The maximum atomic E-state index is 12.3. The Balaban J connectivity index is 2.12. The summed E-state index contributed by atoms with van der Waals surface area (Å²) in [7, 11) is 0. The summed E-state index contributed by atoms with van der Waals surface area (Å²) >= 11 is 0. The molecule has 0 aliphatic carbocycles. The predicted octanol–water partition coefficient (Wildman–Crippen LogP) is 4.96. The highest BCUT2D eigenvalue weighted by molar-refractivity contribution is 5.98. The Hall–Kier alpha value is -4.05. The molecule has 0 fully saturated rings. The number of nitrogens with zero attached hydrogens (tertiary/aromatic N) is 1. The van der Waals surface area contributed by atoms with Crippen molar-refractivity contribution in [3.63, 3.8) is 0 Å². The molecule has 33 heavy (non-hydrogen) atoms. The van der Waals surface area contributed by atoms with Gasteiger partial charge in [0.15, 0.2) is 11.5 Å². The van der Waals surface area contributed by atoms with Gasteiger partial charge in [-0.1, -0.05) is 25.1 Å². The zero-order chi connectivity index (χ0) is 24.1. The summed E-state index contributed by atoms with van der Waals surface area (Å²) in [5.74, 6) is 0.0288. The molecule has 0 aliphatic heterocycles. The topological polar surface area (TPSA) is 94.9 Å². The Morgan fingerprint density at radius 1 is 0.939 bits per heavy atom. The fourth-order valence-electron chi connectivity index (χ4n) is 2.68. The second-order valence-corrected chi connectivity index (χ2v) is 6.70. The van der Waals surface area contributed by atoms with Crippen LogP contribution in [0, 0.1) is 11.3 Å². The molecule has 0 saturated carbocycles. The van der Waals surface area contributed by atoms with Gasteiger partial charge in [-0.25, -0.2) is 9.59 Å². The molecule has 0 aliphatic rings. The lowest BCUT2D eigenvalue weighted by Crippen LogP contribution is -2.07. The smallest absolute Gasteiger partial charge is 0.348 e. The molecule has 0 amide bonds. The lowest BCUT2D eigenvalue weighted by Gasteiger charge is -2.10. The van der Waals surface area contributed by atoms with Crippen molar-refractivity contribution in [3.8, 4) is 23.3 Å². The van der Waals surface area contributed by atoms with E-state index in [1.165, 1.54) is 12.2 Å². The zero-order valence-corrected chi connectivity index (χ0v) is 19.0. The fourth-order valence-corrected chi connectivity index (χ4v) is 2.68. The van der Waals surface area contributed by atoms with E-state index >= 15 is 0 Å². The van der Waals surface area contributed by atoms with Crippen molar-refractivity contribution in [1.82, 2.24) is 0 Å². The van der Waals surface area contributed by atoms with Crippen molar-refractivity contribution in [3.05, 3.63) is 65.2 Å². The van der Waals surface area contributed by atoms with Crippen LogP contribution in [0.15, 0.2) is 54.1 Å². The van der Waals surface area contributed by atoms with E-state index in [2.05, 4.69) is 0 Å². The number of rotatable bonds is 11. The minimum absolute atomic E-state index is 0.141. The van der Waals surface area contributed by atoms with Gasteiger partial charge in [0.1, 0.15) is 17.4 Å². The molecule has 0 spiro atoms. The highest BCUT2D eigenvalue weighted by atomic mass is 16.6. The van der Waals surface area contributed by atoms with Crippen LogP contribution in [0.4, 0.5) is 0 Å². The highest BCUT2D eigenvalue weighted by Gasteiger charge is 2.13. The Bertz CT molecular complexity index is 1050. The van der Waals surface area contributed by atoms with Gasteiger partial charge in [-0.15, -0.1) is 0 Å². The summed E-state index contributed by atoms with van der Waals surface area (Å²) in [5, 5.41) is 9.20. The molecule has 0 radical (unpaired) electrons.